The van der Waals surface area contributed by atoms with Crippen molar-refractivity contribution in [2.24, 2.45) is 80.8 Å². The molecule has 436 valence electrons. The summed E-state index contributed by atoms with van der Waals surface area (Å²) >= 11 is 0. The van der Waals surface area contributed by atoms with Crippen molar-refractivity contribution in [1.29, 1.82) is 0 Å². The molecule has 10 rings (SSSR count). The molecule has 6 saturated carbocycles. The van der Waals surface area contributed by atoms with Crippen LogP contribution in [-0.4, -0.2) is 53.8 Å². The highest BCUT2D eigenvalue weighted by Gasteiger charge is 2.61. The Morgan fingerprint density at radius 2 is 0.899 bits per heavy atom. The number of Topliss-reactive ketones (excluding diaryl/α,β-unsaturated/α-hetero) is 2. The van der Waals surface area contributed by atoms with Crippen LogP contribution in [0.25, 0.3) is 0 Å². The number of rotatable bonds is 22. The molecule has 0 heterocycles. The average Bonchev–Trinajstić information content (AvgIpc) is 4.15. The van der Waals surface area contributed by atoms with Crippen molar-refractivity contribution >= 4 is 31.8 Å². The lowest BCUT2D eigenvalue weighted by atomic mass is 9.46. The summed E-state index contributed by atoms with van der Waals surface area (Å²) in [4.78, 5) is 26.3. The number of hydrogen-bond donors (Lipinski definition) is 0. The molecule has 8 aliphatic carbocycles. The molecule has 2 aromatic rings. The lowest BCUT2D eigenvalue weighted by Crippen LogP contribution is -2.51. The van der Waals surface area contributed by atoms with Crippen molar-refractivity contribution in [3.8, 4) is 0 Å². The molecule has 11 heteroatoms. The summed E-state index contributed by atoms with van der Waals surface area (Å²) in [6, 6.07) is 13.7. The van der Waals surface area contributed by atoms with Crippen LogP contribution in [0.2, 0.25) is 0 Å². The van der Waals surface area contributed by atoms with Gasteiger partial charge in [0.05, 0.1) is 35.2 Å². The number of fused-ring (bicyclic) bond motifs is 10. The number of aryl methyl sites for hydroxylation is 2. The van der Waals surface area contributed by atoms with Gasteiger partial charge in [0.25, 0.3) is 20.2 Å². The minimum atomic E-state index is -3.84. The molecule has 8 aliphatic rings. The van der Waals surface area contributed by atoms with E-state index in [1.54, 1.807) is 59.7 Å². The largest absolute Gasteiger partial charge is 0.374 e. The Labute approximate surface area is 477 Å². The minimum Gasteiger partial charge on any atom is -0.374 e. The van der Waals surface area contributed by atoms with Gasteiger partial charge < -0.3 is 4.74 Å². The van der Waals surface area contributed by atoms with Crippen LogP contribution in [0.3, 0.4) is 0 Å². The zero-order chi connectivity index (χ0) is 56.1. The standard InChI is InChI=1S/C68H98O9S2/c1-45-17-23-53(24-18-45)78(71,72)75-41-13-9-11-15-63(49-33-37-65(5)51(43-49)21-27-55-59-31-29-57(47(3)69)67(59,7)39-35-61(55)65)77-64(16-12-10-14-42-76-79(73,74)54-25-19-46(2)20-26-54)50-34-38-66(6)52(44-50)22-28-56-60-32-30-58(48(4)70)68(60,8)40-36-62(56)66/h17-26,49-50,55-64H,9-16,27-44H2,1-8H3/t49-,50-,55?,56?,57+,58+,59?,60?,61?,62?,63?,64?,65-,66-,67+,68+/m0/s1. The second-order valence-electron chi connectivity index (χ2n) is 28.2. The van der Waals surface area contributed by atoms with Gasteiger partial charge in [0, 0.05) is 11.8 Å². The van der Waals surface area contributed by atoms with E-state index in [1.807, 2.05) is 27.7 Å². The van der Waals surface area contributed by atoms with Gasteiger partial charge >= 0.3 is 0 Å². The Balaban J connectivity index is 0.870. The van der Waals surface area contributed by atoms with Crippen LogP contribution in [0.5, 0.6) is 0 Å². The number of carbonyl (C=O) groups is 2. The number of benzene rings is 2. The Hall–Kier alpha value is -2.96. The molecule has 6 fully saturated rings. The molecule has 0 radical (unpaired) electrons. The monoisotopic (exact) mass is 1120 g/mol. The number of ether oxygens (including phenoxy) is 1. The Morgan fingerprint density at radius 1 is 0.506 bits per heavy atom. The predicted octanol–water partition coefficient (Wildman–Crippen LogP) is 15.9. The number of hydrogen-bond acceptors (Lipinski definition) is 9. The molecule has 0 spiro atoms. The average molecular weight is 1120 g/mol. The van der Waals surface area contributed by atoms with E-state index in [9.17, 15) is 26.4 Å². The zero-order valence-electron chi connectivity index (χ0n) is 49.6. The Bertz CT molecular complexity index is 2610. The zero-order valence-corrected chi connectivity index (χ0v) is 51.2. The number of allylic oxidation sites excluding steroid dienone is 4. The van der Waals surface area contributed by atoms with Crippen molar-refractivity contribution in [2.75, 3.05) is 13.2 Å². The van der Waals surface area contributed by atoms with Gasteiger partial charge in [0.15, 0.2) is 0 Å². The number of ketones is 2. The lowest BCUT2D eigenvalue weighted by Gasteiger charge is -2.59. The lowest BCUT2D eigenvalue weighted by molar-refractivity contribution is -0.128. The summed E-state index contributed by atoms with van der Waals surface area (Å²) in [5, 5.41) is 0. The number of carbonyl (C=O) groups excluding carboxylic acids is 2. The summed E-state index contributed by atoms with van der Waals surface area (Å²) in [5.41, 5.74) is 5.87. The van der Waals surface area contributed by atoms with Crippen LogP contribution >= 0.6 is 0 Å². The molecular formula is C68H98O9S2. The summed E-state index contributed by atoms with van der Waals surface area (Å²) < 4.78 is 71.5. The third-order valence-electron chi connectivity index (χ3n) is 24.0. The van der Waals surface area contributed by atoms with Crippen LogP contribution < -0.4 is 0 Å². The van der Waals surface area contributed by atoms with Crippen molar-refractivity contribution in [1.82, 2.24) is 0 Å². The third-order valence-corrected chi connectivity index (χ3v) is 26.7. The second-order valence-corrected chi connectivity index (χ2v) is 31.4. The van der Waals surface area contributed by atoms with Gasteiger partial charge in [-0.3, -0.25) is 18.0 Å². The van der Waals surface area contributed by atoms with Crippen molar-refractivity contribution < 1.29 is 39.5 Å². The SMILES string of the molecule is CC(=O)[C@H]1CCC2C3CC=C4C[C@@H](C(CCCCCOS(=O)(=O)c5ccc(C)cc5)OC(CCCCCOS(=O)(=O)c5ccc(C)cc5)[C@H]5CC[C@@]6(C)C(=CCC7C6CC[C@@]6(C)C7CC[C@@H]6C(C)=O)C5)CC[C@]4(C)C3CC[C@@]21C. The molecule has 8 unspecified atom stereocenters. The topological polar surface area (TPSA) is 130 Å². The summed E-state index contributed by atoms with van der Waals surface area (Å²) in [6.07, 6.45) is 30.2. The molecule has 2 aromatic carbocycles. The normalized spacial score (nSPS) is 36.8. The molecule has 0 bridgehead atoms. The minimum absolute atomic E-state index is 0.0554. The van der Waals surface area contributed by atoms with E-state index in [-0.39, 0.29) is 68.7 Å². The Morgan fingerprint density at radius 3 is 1.28 bits per heavy atom. The molecule has 0 N–H and O–H groups in total. The first-order valence-corrected chi connectivity index (χ1v) is 34.4. The van der Waals surface area contributed by atoms with Gasteiger partial charge in [-0.05, 0) is 249 Å². The molecule has 9 nitrogen and oxygen atoms in total. The Kier molecular flexibility index (Phi) is 17.7. The van der Waals surface area contributed by atoms with Crippen molar-refractivity contribution in [3.05, 3.63) is 83.0 Å². The van der Waals surface area contributed by atoms with E-state index in [1.165, 1.54) is 25.7 Å². The molecule has 0 aliphatic heterocycles. The second kappa shape index (κ2) is 23.6. The van der Waals surface area contributed by atoms with Crippen molar-refractivity contribution in [3.63, 3.8) is 0 Å². The molecule has 79 heavy (non-hydrogen) atoms. The highest BCUT2D eigenvalue weighted by atomic mass is 32.2. The smallest absolute Gasteiger partial charge is 0.296 e. The third kappa shape index (κ3) is 11.7. The molecule has 0 amide bonds. The van der Waals surface area contributed by atoms with Crippen LogP contribution in [0.4, 0.5) is 0 Å². The fraction of sp³-hybridized carbons (Fsp3) is 0.735. The maximum atomic E-state index is 13.1. The fourth-order valence-corrected chi connectivity index (χ4v) is 21.4. The highest BCUT2D eigenvalue weighted by Crippen LogP contribution is 2.69. The van der Waals surface area contributed by atoms with E-state index in [2.05, 4.69) is 39.8 Å². The molecular weight excluding hydrogens is 1020 g/mol. The van der Waals surface area contributed by atoms with Crippen LogP contribution in [0, 0.1) is 94.7 Å². The quantitative estimate of drug-likeness (QED) is 0.0642. The van der Waals surface area contributed by atoms with E-state index in [0.717, 1.165) is 127 Å². The fourth-order valence-electron chi connectivity index (χ4n) is 19.5. The first kappa shape index (κ1) is 59.2. The molecule has 16 atom stereocenters. The predicted molar refractivity (Wildman–Crippen MR) is 313 cm³/mol. The van der Waals surface area contributed by atoms with E-state index >= 15 is 0 Å². The van der Waals surface area contributed by atoms with Crippen LogP contribution in [0.1, 0.15) is 207 Å². The number of unbranched alkanes of at least 4 members (excludes halogenated alkanes) is 4. The summed E-state index contributed by atoms with van der Waals surface area (Å²) in [6.45, 7) is 17.9. The van der Waals surface area contributed by atoms with Gasteiger partial charge in [-0.25, -0.2) is 0 Å². The summed E-state index contributed by atoms with van der Waals surface area (Å²) in [5.74, 6) is 5.78. The van der Waals surface area contributed by atoms with Gasteiger partial charge in [-0.15, -0.1) is 0 Å². The molecule has 0 saturated heterocycles. The maximum Gasteiger partial charge on any atom is 0.296 e. The first-order chi connectivity index (χ1) is 37.6. The van der Waals surface area contributed by atoms with Gasteiger partial charge in [0.2, 0.25) is 0 Å². The van der Waals surface area contributed by atoms with Crippen LogP contribution in [-0.2, 0) is 42.9 Å². The summed E-state index contributed by atoms with van der Waals surface area (Å²) in [7, 11) is -7.67. The van der Waals surface area contributed by atoms with E-state index < -0.39 is 20.2 Å². The van der Waals surface area contributed by atoms with Crippen molar-refractivity contribution in [2.45, 2.75) is 231 Å². The highest BCUT2D eigenvalue weighted by molar-refractivity contribution is 7.87. The van der Waals surface area contributed by atoms with E-state index in [4.69, 9.17) is 13.1 Å². The van der Waals surface area contributed by atoms with Gasteiger partial charge in [0.1, 0.15) is 11.6 Å². The molecule has 0 aromatic heterocycles. The van der Waals surface area contributed by atoms with Gasteiger partial charge in [-0.1, -0.05) is 112 Å². The maximum absolute atomic E-state index is 13.1. The van der Waals surface area contributed by atoms with Gasteiger partial charge in [-0.2, -0.15) is 16.8 Å². The first-order valence-electron chi connectivity index (χ1n) is 31.5. The van der Waals surface area contributed by atoms with E-state index in [0.29, 0.717) is 71.8 Å². The van der Waals surface area contributed by atoms with Crippen LogP contribution in [0.15, 0.2) is 81.6 Å².